The number of Topliss-reactive ketones (excluding diaryl/α,β-unsaturated/α-hetero) is 1. The number of unbranched alkanes of at least 4 members (excludes halogenated alkanes) is 1. The van der Waals surface area contributed by atoms with Crippen LogP contribution < -0.4 is 10.6 Å². The van der Waals surface area contributed by atoms with Crippen LogP contribution in [0.4, 0.5) is 0 Å². The molecule has 0 unspecified atom stereocenters. The Morgan fingerprint density at radius 3 is 2.42 bits per heavy atom. The van der Waals surface area contributed by atoms with E-state index in [1.165, 1.54) is 0 Å². The van der Waals surface area contributed by atoms with Crippen LogP contribution in [0.15, 0.2) is 0 Å². The third-order valence-electron chi connectivity index (χ3n) is 5.71. The van der Waals surface area contributed by atoms with Crippen molar-refractivity contribution in [3.05, 3.63) is 0 Å². The zero-order chi connectivity index (χ0) is 19.1. The zero-order valence-corrected chi connectivity index (χ0v) is 15.4. The van der Waals surface area contributed by atoms with Gasteiger partial charge in [-0.3, -0.25) is 4.79 Å². The predicted octanol–water partition coefficient (Wildman–Crippen LogP) is -1.76. The summed E-state index contributed by atoms with van der Waals surface area (Å²) in [6.45, 7) is 2.05. The highest BCUT2D eigenvalue weighted by Gasteiger charge is 2.63. The molecular formula is C17H30N2O7. The van der Waals surface area contributed by atoms with Gasteiger partial charge in [0.2, 0.25) is 6.29 Å². The van der Waals surface area contributed by atoms with Crippen LogP contribution in [-0.4, -0.2) is 89.9 Å². The van der Waals surface area contributed by atoms with Gasteiger partial charge in [0.05, 0.1) is 24.3 Å². The lowest BCUT2D eigenvalue weighted by molar-refractivity contribution is -0.421. The van der Waals surface area contributed by atoms with Gasteiger partial charge in [-0.2, -0.15) is 0 Å². The van der Waals surface area contributed by atoms with E-state index in [0.717, 1.165) is 12.8 Å². The van der Waals surface area contributed by atoms with Crippen molar-refractivity contribution in [1.82, 2.24) is 10.6 Å². The second-order valence-electron chi connectivity index (χ2n) is 7.35. The minimum Gasteiger partial charge on any atom is -0.390 e. The summed E-state index contributed by atoms with van der Waals surface area (Å²) in [5.41, 5.74) is 0. The van der Waals surface area contributed by atoms with E-state index in [-0.39, 0.29) is 12.5 Å². The molecule has 2 heterocycles. The molecule has 0 aromatic rings. The maximum atomic E-state index is 12.6. The van der Waals surface area contributed by atoms with E-state index in [1.54, 1.807) is 14.1 Å². The highest BCUT2D eigenvalue weighted by Crippen LogP contribution is 2.40. The summed E-state index contributed by atoms with van der Waals surface area (Å²) in [7, 11) is 3.26. The maximum Gasteiger partial charge on any atom is 0.280 e. The number of ether oxygens (including phenoxy) is 3. The molecule has 2 saturated heterocycles. The van der Waals surface area contributed by atoms with Crippen molar-refractivity contribution in [2.45, 2.75) is 87.3 Å². The third-order valence-corrected chi connectivity index (χ3v) is 5.71. The lowest BCUT2D eigenvalue weighted by Gasteiger charge is -2.55. The molecule has 5 N–H and O–H groups in total. The molecule has 0 radical (unpaired) electrons. The lowest BCUT2D eigenvalue weighted by atomic mass is 9.80. The van der Waals surface area contributed by atoms with Gasteiger partial charge in [-0.05, 0) is 20.5 Å². The summed E-state index contributed by atoms with van der Waals surface area (Å²) in [6, 6.07) is -1.30. The molecule has 0 aromatic carbocycles. The first-order valence-corrected chi connectivity index (χ1v) is 9.32. The summed E-state index contributed by atoms with van der Waals surface area (Å²) in [4.78, 5) is 12.6. The third kappa shape index (κ3) is 3.20. The van der Waals surface area contributed by atoms with E-state index in [4.69, 9.17) is 14.2 Å². The normalized spacial score (nSPS) is 48.8. The Morgan fingerprint density at radius 1 is 1.12 bits per heavy atom. The lowest BCUT2D eigenvalue weighted by Crippen LogP contribution is -2.77. The Balaban J connectivity index is 1.84. The van der Waals surface area contributed by atoms with Crippen LogP contribution in [0.5, 0.6) is 0 Å². The van der Waals surface area contributed by atoms with Crippen LogP contribution >= 0.6 is 0 Å². The Kier molecular flexibility index (Phi) is 6.00. The molecule has 0 amide bonds. The molecule has 0 bridgehead atoms. The van der Waals surface area contributed by atoms with Crippen molar-refractivity contribution in [3.63, 3.8) is 0 Å². The number of rotatable bonds is 5. The van der Waals surface area contributed by atoms with Gasteiger partial charge in [0.1, 0.15) is 18.3 Å². The number of aliphatic hydroxyl groups excluding tert-OH is 2. The molecule has 26 heavy (non-hydrogen) atoms. The van der Waals surface area contributed by atoms with Crippen molar-refractivity contribution in [2.24, 2.45) is 0 Å². The average Bonchev–Trinajstić information content (AvgIpc) is 2.61. The Morgan fingerprint density at radius 2 is 1.81 bits per heavy atom. The Labute approximate surface area is 153 Å². The van der Waals surface area contributed by atoms with Crippen molar-refractivity contribution in [3.8, 4) is 0 Å². The Hall–Kier alpha value is -0.650. The highest BCUT2D eigenvalue weighted by molar-refractivity contribution is 5.87. The van der Waals surface area contributed by atoms with Crippen molar-refractivity contribution >= 4 is 5.78 Å². The SMILES string of the molecule is CCCC[C@H]1CC(=O)[C@]2(O)O[C@@H]3[C@H](NC)[C@@H](O)[C@H](NC)[C@H](O)[C@H]3O[C@@H]2O1. The number of hydrogen-bond donors (Lipinski definition) is 5. The van der Waals surface area contributed by atoms with Gasteiger partial charge in [-0.15, -0.1) is 0 Å². The summed E-state index contributed by atoms with van der Waals surface area (Å²) in [5.74, 6) is -2.73. The van der Waals surface area contributed by atoms with E-state index in [1.807, 2.05) is 6.92 Å². The minimum atomic E-state index is -2.23. The molecule has 9 heteroatoms. The molecule has 9 nitrogen and oxygen atoms in total. The number of carbonyl (C=O) groups excluding carboxylic acids is 1. The monoisotopic (exact) mass is 374 g/mol. The van der Waals surface area contributed by atoms with Crippen molar-refractivity contribution in [2.75, 3.05) is 14.1 Å². The van der Waals surface area contributed by atoms with Gasteiger partial charge in [-0.25, -0.2) is 0 Å². The van der Waals surface area contributed by atoms with Crippen molar-refractivity contribution < 1.29 is 34.3 Å². The number of nitrogens with one attached hydrogen (secondary N) is 2. The van der Waals surface area contributed by atoms with E-state index >= 15 is 0 Å². The van der Waals surface area contributed by atoms with Gasteiger partial charge in [0, 0.05) is 6.42 Å². The second kappa shape index (κ2) is 7.76. The fourth-order valence-electron chi connectivity index (χ4n) is 4.19. The van der Waals surface area contributed by atoms with Crippen LogP contribution in [0.2, 0.25) is 0 Å². The van der Waals surface area contributed by atoms with Crippen LogP contribution in [0.1, 0.15) is 32.6 Å². The number of ketones is 1. The zero-order valence-electron chi connectivity index (χ0n) is 15.4. The molecule has 1 saturated carbocycles. The summed E-state index contributed by atoms with van der Waals surface area (Å²) in [5, 5.41) is 37.8. The van der Waals surface area contributed by atoms with E-state index in [9.17, 15) is 20.1 Å². The van der Waals surface area contributed by atoms with Gasteiger partial charge in [0.25, 0.3) is 5.79 Å². The molecule has 0 aromatic heterocycles. The van der Waals surface area contributed by atoms with Crippen LogP contribution in [0.3, 0.4) is 0 Å². The van der Waals surface area contributed by atoms with E-state index in [2.05, 4.69) is 10.6 Å². The van der Waals surface area contributed by atoms with Crippen LogP contribution in [0.25, 0.3) is 0 Å². The first-order chi connectivity index (χ1) is 12.4. The molecule has 2 aliphatic heterocycles. The fourth-order valence-corrected chi connectivity index (χ4v) is 4.19. The molecular weight excluding hydrogens is 344 g/mol. The van der Waals surface area contributed by atoms with Crippen LogP contribution in [-0.2, 0) is 19.0 Å². The number of hydrogen-bond acceptors (Lipinski definition) is 9. The molecule has 0 spiro atoms. The topological polar surface area (TPSA) is 130 Å². The molecule has 1 aliphatic carbocycles. The molecule has 3 fully saturated rings. The molecule has 3 rings (SSSR count). The van der Waals surface area contributed by atoms with E-state index in [0.29, 0.717) is 6.42 Å². The second-order valence-corrected chi connectivity index (χ2v) is 7.35. The van der Waals surface area contributed by atoms with Crippen molar-refractivity contribution in [1.29, 1.82) is 0 Å². The summed E-state index contributed by atoms with van der Waals surface area (Å²) >= 11 is 0. The van der Waals surface area contributed by atoms with Gasteiger partial charge < -0.3 is 40.2 Å². The molecule has 3 aliphatic rings. The number of likely N-dealkylation sites (N-methyl/N-ethyl adjacent to an activating group) is 2. The molecule has 9 atom stereocenters. The maximum absolute atomic E-state index is 12.6. The van der Waals surface area contributed by atoms with E-state index < -0.39 is 54.4 Å². The van der Waals surface area contributed by atoms with Gasteiger partial charge in [0.15, 0.2) is 5.78 Å². The minimum absolute atomic E-state index is 0.0439. The summed E-state index contributed by atoms with van der Waals surface area (Å²) in [6.07, 6.45) is -2.92. The average molecular weight is 374 g/mol. The first-order valence-electron chi connectivity index (χ1n) is 9.32. The number of carbonyl (C=O) groups is 1. The summed E-state index contributed by atoms with van der Waals surface area (Å²) < 4.78 is 17.4. The Bertz CT molecular complexity index is 521. The predicted molar refractivity (Wildman–Crippen MR) is 90.2 cm³/mol. The quantitative estimate of drug-likeness (QED) is 0.380. The molecule has 150 valence electrons. The van der Waals surface area contributed by atoms with Gasteiger partial charge in [-0.1, -0.05) is 19.8 Å². The first kappa shape index (κ1) is 20.1. The van der Waals surface area contributed by atoms with Crippen LogP contribution in [0, 0.1) is 0 Å². The largest absolute Gasteiger partial charge is 0.390 e. The number of fused-ring (bicyclic) bond motifs is 2. The highest BCUT2D eigenvalue weighted by atomic mass is 16.8. The number of aliphatic hydroxyl groups is 3. The smallest absolute Gasteiger partial charge is 0.280 e. The van der Waals surface area contributed by atoms with Gasteiger partial charge >= 0.3 is 0 Å². The standard InChI is InChI=1S/C17H30N2O7/c1-4-5-6-8-7-9(20)17(23)16(24-8)25-15-13(22)10(18-2)12(21)11(19-3)14(15)26-17/h8,10-16,18-19,21-23H,4-7H2,1-3H3/t8-,10-,11+,12-,13-,14+,15+,16-,17-/m0/s1. The fraction of sp³-hybridized carbons (Fsp3) is 0.941.